The molecule has 116 valence electrons. The standard InChI is InChI=1S/C16H11Cl3N4/c17-10-2-1-3-12(8-10)21-15-6-7-20-16(23-15)22-14-9-11(18)4-5-13(14)19/h1-9H,(H2,20,21,22,23). The first-order valence-corrected chi connectivity index (χ1v) is 7.81. The molecule has 0 amide bonds. The highest BCUT2D eigenvalue weighted by Crippen LogP contribution is 2.27. The molecule has 0 bridgehead atoms. The average Bonchev–Trinajstić information content (AvgIpc) is 2.51. The van der Waals surface area contributed by atoms with Gasteiger partial charge in [0.25, 0.3) is 0 Å². The minimum Gasteiger partial charge on any atom is -0.340 e. The molecule has 0 fully saturated rings. The van der Waals surface area contributed by atoms with Crippen molar-refractivity contribution in [1.82, 2.24) is 9.97 Å². The zero-order valence-electron chi connectivity index (χ0n) is 11.7. The normalized spacial score (nSPS) is 10.4. The van der Waals surface area contributed by atoms with Gasteiger partial charge < -0.3 is 10.6 Å². The molecule has 23 heavy (non-hydrogen) atoms. The lowest BCUT2D eigenvalue weighted by Crippen LogP contribution is -2.00. The number of nitrogens with one attached hydrogen (secondary N) is 2. The van der Waals surface area contributed by atoms with E-state index >= 15 is 0 Å². The van der Waals surface area contributed by atoms with Gasteiger partial charge in [0.2, 0.25) is 5.95 Å². The smallest absolute Gasteiger partial charge is 0.229 e. The minimum absolute atomic E-state index is 0.404. The molecule has 0 spiro atoms. The number of halogens is 3. The van der Waals surface area contributed by atoms with Gasteiger partial charge in [0.15, 0.2) is 0 Å². The fourth-order valence-corrected chi connectivity index (χ4v) is 2.44. The lowest BCUT2D eigenvalue weighted by molar-refractivity contribution is 1.17. The van der Waals surface area contributed by atoms with E-state index in [4.69, 9.17) is 34.8 Å². The molecular weight excluding hydrogens is 355 g/mol. The second kappa shape index (κ2) is 7.04. The van der Waals surface area contributed by atoms with E-state index < -0.39 is 0 Å². The van der Waals surface area contributed by atoms with E-state index in [2.05, 4.69) is 20.6 Å². The van der Waals surface area contributed by atoms with E-state index in [0.29, 0.717) is 32.5 Å². The van der Waals surface area contributed by atoms with Gasteiger partial charge in [-0.05, 0) is 42.5 Å². The van der Waals surface area contributed by atoms with Crippen molar-refractivity contribution in [1.29, 1.82) is 0 Å². The summed E-state index contributed by atoms with van der Waals surface area (Å²) in [6.07, 6.45) is 1.64. The molecule has 1 heterocycles. The Morgan fingerprint density at radius 2 is 1.65 bits per heavy atom. The van der Waals surface area contributed by atoms with Crippen LogP contribution in [0.3, 0.4) is 0 Å². The summed E-state index contributed by atoms with van der Waals surface area (Å²) in [5.41, 5.74) is 1.47. The Kier molecular flexibility index (Phi) is 4.86. The SMILES string of the molecule is Clc1cccc(Nc2ccnc(Nc3cc(Cl)ccc3Cl)n2)c1. The van der Waals surface area contributed by atoms with Crippen molar-refractivity contribution in [2.45, 2.75) is 0 Å². The monoisotopic (exact) mass is 364 g/mol. The molecule has 3 aromatic rings. The highest BCUT2D eigenvalue weighted by atomic mass is 35.5. The van der Waals surface area contributed by atoms with E-state index in [9.17, 15) is 0 Å². The van der Waals surface area contributed by atoms with E-state index in [1.54, 1.807) is 36.5 Å². The number of hydrogen-bond acceptors (Lipinski definition) is 4. The maximum absolute atomic E-state index is 6.13. The van der Waals surface area contributed by atoms with Crippen molar-refractivity contribution in [2.75, 3.05) is 10.6 Å². The summed E-state index contributed by atoms with van der Waals surface area (Å²) < 4.78 is 0. The summed E-state index contributed by atoms with van der Waals surface area (Å²) in [7, 11) is 0. The van der Waals surface area contributed by atoms with Crippen LogP contribution in [0.1, 0.15) is 0 Å². The van der Waals surface area contributed by atoms with E-state index in [1.807, 2.05) is 18.2 Å². The summed E-state index contributed by atoms with van der Waals surface area (Å²) in [6, 6.07) is 14.3. The third-order valence-electron chi connectivity index (χ3n) is 2.93. The minimum atomic E-state index is 0.404. The lowest BCUT2D eigenvalue weighted by atomic mass is 10.3. The van der Waals surface area contributed by atoms with Crippen molar-refractivity contribution in [2.24, 2.45) is 0 Å². The van der Waals surface area contributed by atoms with E-state index in [0.717, 1.165) is 5.69 Å². The summed E-state index contributed by atoms with van der Waals surface area (Å²) in [5, 5.41) is 7.96. The molecule has 0 radical (unpaired) electrons. The van der Waals surface area contributed by atoms with Crippen molar-refractivity contribution < 1.29 is 0 Å². The third kappa shape index (κ3) is 4.26. The first kappa shape index (κ1) is 15.9. The molecule has 0 aliphatic carbocycles. The van der Waals surface area contributed by atoms with Crippen LogP contribution >= 0.6 is 34.8 Å². The largest absolute Gasteiger partial charge is 0.340 e. The summed E-state index contributed by atoms with van der Waals surface area (Å²) in [5.74, 6) is 1.03. The zero-order chi connectivity index (χ0) is 16.2. The average molecular weight is 366 g/mol. The topological polar surface area (TPSA) is 49.8 Å². The van der Waals surface area contributed by atoms with Gasteiger partial charge in [-0.25, -0.2) is 4.98 Å². The molecule has 0 atom stereocenters. The first-order valence-electron chi connectivity index (χ1n) is 6.68. The van der Waals surface area contributed by atoms with E-state index in [1.165, 1.54) is 0 Å². The molecule has 3 rings (SSSR count). The number of rotatable bonds is 4. The van der Waals surface area contributed by atoms with Gasteiger partial charge in [0.1, 0.15) is 5.82 Å². The van der Waals surface area contributed by atoms with Gasteiger partial charge in [-0.3, -0.25) is 0 Å². The van der Waals surface area contributed by atoms with Crippen LogP contribution in [0.5, 0.6) is 0 Å². The highest BCUT2D eigenvalue weighted by Gasteiger charge is 2.05. The van der Waals surface area contributed by atoms with Crippen molar-refractivity contribution in [3.8, 4) is 0 Å². The van der Waals surface area contributed by atoms with Gasteiger partial charge in [-0.1, -0.05) is 40.9 Å². The van der Waals surface area contributed by atoms with Gasteiger partial charge in [0.05, 0.1) is 10.7 Å². The van der Waals surface area contributed by atoms with Crippen LogP contribution < -0.4 is 10.6 Å². The summed E-state index contributed by atoms with van der Waals surface area (Å²) >= 11 is 18.1. The zero-order valence-corrected chi connectivity index (χ0v) is 14.0. The Morgan fingerprint density at radius 1 is 0.826 bits per heavy atom. The molecule has 2 aromatic carbocycles. The quantitative estimate of drug-likeness (QED) is 0.602. The molecule has 7 heteroatoms. The van der Waals surface area contributed by atoms with Crippen LogP contribution in [-0.2, 0) is 0 Å². The first-order chi connectivity index (χ1) is 11.1. The molecule has 0 saturated carbocycles. The summed E-state index contributed by atoms with van der Waals surface area (Å²) in [6.45, 7) is 0. The molecule has 0 unspecified atom stereocenters. The molecule has 4 nitrogen and oxygen atoms in total. The number of nitrogens with zero attached hydrogens (tertiary/aromatic N) is 2. The summed E-state index contributed by atoms with van der Waals surface area (Å²) in [4.78, 5) is 8.56. The Bertz CT molecular complexity index is 839. The Labute approximate surface area is 148 Å². The van der Waals surface area contributed by atoms with Gasteiger partial charge in [0, 0.05) is 21.9 Å². The number of benzene rings is 2. The van der Waals surface area contributed by atoms with Gasteiger partial charge in [-0.15, -0.1) is 0 Å². The molecule has 1 aromatic heterocycles. The van der Waals surface area contributed by atoms with Crippen LogP contribution in [0.25, 0.3) is 0 Å². The molecule has 0 aliphatic rings. The van der Waals surface area contributed by atoms with Crippen LogP contribution in [0.15, 0.2) is 54.7 Å². The van der Waals surface area contributed by atoms with Crippen molar-refractivity contribution in [3.05, 3.63) is 69.8 Å². The van der Waals surface area contributed by atoms with E-state index in [-0.39, 0.29) is 0 Å². The van der Waals surface area contributed by atoms with Crippen molar-refractivity contribution >= 4 is 57.9 Å². The van der Waals surface area contributed by atoms with Gasteiger partial charge >= 0.3 is 0 Å². The predicted octanol–water partition coefficient (Wildman–Crippen LogP) is 5.92. The Balaban J connectivity index is 1.81. The van der Waals surface area contributed by atoms with Crippen molar-refractivity contribution in [3.63, 3.8) is 0 Å². The maximum atomic E-state index is 6.13. The third-order valence-corrected chi connectivity index (χ3v) is 3.73. The molecule has 0 saturated heterocycles. The van der Waals surface area contributed by atoms with Gasteiger partial charge in [-0.2, -0.15) is 4.98 Å². The maximum Gasteiger partial charge on any atom is 0.229 e. The second-order valence-corrected chi connectivity index (χ2v) is 5.93. The fraction of sp³-hybridized carbons (Fsp3) is 0. The van der Waals surface area contributed by atoms with Crippen LogP contribution in [0.2, 0.25) is 15.1 Å². The number of hydrogen-bond donors (Lipinski definition) is 2. The van der Waals surface area contributed by atoms with Crippen LogP contribution in [0, 0.1) is 0 Å². The molecular formula is C16H11Cl3N4. The number of aromatic nitrogens is 2. The molecule has 0 aliphatic heterocycles. The lowest BCUT2D eigenvalue weighted by Gasteiger charge is -2.10. The Hall–Kier alpha value is -2.01. The molecule has 2 N–H and O–H groups in total. The highest BCUT2D eigenvalue weighted by molar-refractivity contribution is 6.35. The fourth-order valence-electron chi connectivity index (χ4n) is 1.92. The van der Waals surface area contributed by atoms with Crippen LogP contribution in [0.4, 0.5) is 23.1 Å². The predicted molar refractivity (Wildman–Crippen MR) is 96.5 cm³/mol. The Morgan fingerprint density at radius 3 is 2.48 bits per heavy atom. The second-order valence-electron chi connectivity index (χ2n) is 4.65. The number of anilines is 4. The van der Waals surface area contributed by atoms with Crippen LogP contribution in [-0.4, -0.2) is 9.97 Å².